The quantitative estimate of drug-likeness (QED) is 0.424. The van der Waals surface area contributed by atoms with Crippen molar-refractivity contribution in [2.24, 2.45) is 0 Å². The number of hydrogen-bond donors (Lipinski definition) is 2. The van der Waals surface area contributed by atoms with E-state index in [1.54, 1.807) is 17.6 Å². The molecule has 0 unspecified atom stereocenters. The average molecular weight is 159 g/mol. The van der Waals surface area contributed by atoms with Crippen LogP contribution in [0.15, 0.2) is 12.3 Å². The lowest BCUT2D eigenvalue weighted by atomic mass is 10.4. The number of carboxylic acid groups (broad SMARTS) is 1. The van der Waals surface area contributed by atoms with Gasteiger partial charge in [-0.25, -0.2) is 0 Å². The van der Waals surface area contributed by atoms with Crippen LogP contribution in [0.4, 0.5) is 0 Å². The van der Waals surface area contributed by atoms with Crippen molar-refractivity contribution in [1.29, 1.82) is 0 Å². The van der Waals surface area contributed by atoms with Crippen molar-refractivity contribution in [2.45, 2.75) is 12.8 Å². The van der Waals surface area contributed by atoms with Crippen molar-refractivity contribution >= 4 is 5.97 Å². The maximum absolute atomic E-state index is 9.89. The van der Waals surface area contributed by atoms with E-state index in [1.807, 2.05) is 0 Å². The number of carbonyl (C=O) groups excluding carboxylic acids is 1. The van der Waals surface area contributed by atoms with Crippen LogP contribution in [-0.2, 0) is 4.79 Å². The fourth-order valence-electron chi connectivity index (χ4n) is 0.564. The van der Waals surface area contributed by atoms with E-state index in [0.29, 0.717) is 13.0 Å². The zero-order chi connectivity index (χ0) is 8.53. The first kappa shape index (κ1) is 10.1. The summed E-state index contributed by atoms with van der Waals surface area (Å²) in [6, 6.07) is 0. The Hall–Kier alpha value is -0.870. The number of carboxylic acids is 1. The number of nitrogens with two attached hydrogens (primary N) is 1. The molecule has 0 heterocycles. The van der Waals surface area contributed by atoms with Crippen LogP contribution in [0.25, 0.3) is 0 Å². The Morgan fingerprint density at radius 3 is 2.91 bits per heavy atom. The highest BCUT2D eigenvalue weighted by Crippen LogP contribution is 1.73. The Bertz CT molecular complexity index is 134. The Morgan fingerprint density at radius 2 is 2.36 bits per heavy atom. The third-order valence-electron chi connectivity index (χ3n) is 1.08. The van der Waals surface area contributed by atoms with E-state index in [4.69, 9.17) is 5.11 Å². The van der Waals surface area contributed by atoms with Crippen LogP contribution in [0.3, 0.4) is 0 Å². The Kier molecular flexibility index (Phi) is 6.67. The SMILES string of the molecule is O=C([O-])CC[NH2+]/C=C/CCO. The van der Waals surface area contributed by atoms with E-state index in [-0.39, 0.29) is 13.0 Å². The summed E-state index contributed by atoms with van der Waals surface area (Å²) in [7, 11) is 0. The second-order valence-corrected chi connectivity index (χ2v) is 2.09. The van der Waals surface area contributed by atoms with Gasteiger partial charge in [0.15, 0.2) is 0 Å². The van der Waals surface area contributed by atoms with Gasteiger partial charge in [-0.2, -0.15) is 0 Å². The Balaban J connectivity index is 3.07. The summed E-state index contributed by atoms with van der Waals surface area (Å²) in [6.45, 7) is 0.620. The molecule has 0 bridgehead atoms. The third kappa shape index (κ3) is 9.13. The van der Waals surface area contributed by atoms with Gasteiger partial charge in [-0.15, -0.1) is 0 Å². The number of quaternary nitrogens is 1. The lowest BCUT2D eigenvalue weighted by molar-refractivity contribution is -0.587. The normalized spacial score (nSPS) is 10.6. The van der Waals surface area contributed by atoms with Crippen LogP contribution < -0.4 is 10.4 Å². The molecule has 0 aromatic carbocycles. The van der Waals surface area contributed by atoms with Gasteiger partial charge in [0.05, 0.1) is 12.7 Å². The summed E-state index contributed by atoms with van der Waals surface area (Å²) in [5.41, 5.74) is 0. The van der Waals surface area contributed by atoms with E-state index in [9.17, 15) is 9.90 Å². The zero-order valence-electron chi connectivity index (χ0n) is 6.32. The van der Waals surface area contributed by atoms with Gasteiger partial charge >= 0.3 is 0 Å². The molecule has 0 saturated carbocycles. The van der Waals surface area contributed by atoms with Gasteiger partial charge in [0.25, 0.3) is 0 Å². The first-order chi connectivity index (χ1) is 5.27. The van der Waals surface area contributed by atoms with Gasteiger partial charge in [-0.05, 0) is 12.5 Å². The summed E-state index contributed by atoms with van der Waals surface area (Å²) in [5.74, 6) is -1.03. The second kappa shape index (κ2) is 7.24. The van der Waals surface area contributed by atoms with Crippen LogP contribution in [0.2, 0.25) is 0 Å². The van der Waals surface area contributed by atoms with Crippen molar-refractivity contribution < 1.29 is 20.3 Å². The molecule has 11 heavy (non-hydrogen) atoms. The molecule has 64 valence electrons. The number of rotatable bonds is 6. The molecule has 0 saturated heterocycles. The highest BCUT2D eigenvalue weighted by molar-refractivity contribution is 5.64. The summed E-state index contributed by atoms with van der Waals surface area (Å²) >= 11 is 0. The van der Waals surface area contributed by atoms with Crippen molar-refractivity contribution in [3.8, 4) is 0 Å². The smallest absolute Gasteiger partial charge is 0.0886 e. The molecule has 0 spiro atoms. The minimum absolute atomic E-state index is 0.0590. The summed E-state index contributed by atoms with van der Waals surface area (Å²) in [4.78, 5) is 9.89. The molecule has 0 aliphatic rings. The summed E-state index contributed by atoms with van der Waals surface area (Å²) < 4.78 is 0. The average Bonchev–Trinajstić information content (AvgIpc) is 1.96. The molecule has 0 aromatic rings. The van der Waals surface area contributed by atoms with Crippen molar-refractivity contribution in [3.05, 3.63) is 12.3 Å². The fraction of sp³-hybridized carbons (Fsp3) is 0.571. The maximum Gasteiger partial charge on any atom is 0.0886 e. The lowest BCUT2D eigenvalue weighted by Crippen LogP contribution is -2.78. The van der Waals surface area contributed by atoms with Crippen LogP contribution in [-0.4, -0.2) is 24.2 Å². The standard InChI is InChI=1S/C7H13NO3/c9-6-2-1-4-8-5-3-7(10)11/h1,4,8-9H,2-3,5-6H2,(H,10,11)/b4-1+. The largest absolute Gasteiger partial charge is 0.550 e. The summed E-state index contributed by atoms with van der Waals surface area (Å²) in [6.07, 6.45) is 4.21. The molecule has 0 radical (unpaired) electrons. The number of hydrogen-bond acceptors (Lipinski definition) is 3. The van der Waals surface area contributed by atoms with Crippen LogP contribution in [0.1, 0.15) is 12.8 Å². The van der Waals surface area contributed by atoms with Crippen molar-refractivity contribution in [1.82, 2.24) is 0 Å². The monoisotopic (exact) mass is 159 g/mol. The van der Waals surface area contributed by atoms with Crippen LogP contribution in [0.5, 0.6) is 0 Å². The minimum Gasteiger partial charge on any atom is -0.550 e. The third-order valence-corrected chi connectivity index (χ3v) is 1.08. The fourth-order valence-corrected chi connectivity index (χ4v) is 0.564. The number of aliphatic carboxylic acids is 1. The topological polar surface area (TPSA) is 77.0 Å². The van der Waals surface area contributed by atoms with E-state index in [2.05, 4.69) is 0 Å². The van der Waals surface area contributed by atoms with Crippen molar-refractivity contribution in [3.63, 3.8) is 0 Å². The summed E-state index contributed by atoms with van der Waals surface area (Å²) in [5, 5.41) is 20.0. The predicted octanol–water partition coefficient (Wildman–Crippen LogP) is -2.41. The van der Waals surface area contributed by atoms with Gasteiger partial charge in [-0.3, -0.25) is 0 Å². The molecule has 0 fully saturated rings. The van der Waals surface area contributed by atoms with Crippen LogP contribution in [0, 0.1) is 0 Å². The molecule has 0 aliphatic heterocycles. The maximum atomic E-state index is 9.89. The first-order valence-corrected chi connectivity index (χ1v) is 3.56. The van der Waals surface area contributed by atoms with Crippen molar-refractivity contribution in [2.75, 3.05) is 13.2 Å². The second-order valence-electron chi connectivity index (χ2n) is 2.09. The van der Waals surface area contributed by atoms with E-state index >= 15 is 0 Å². The molecule has 0 aliphatic carbocycles. The van der Waals surface area contributed by atoms with Crippen LogP contribution >= 0.6 is 0 Å². The molecule has 0 rings (SSSR count). The lowest BCUT2D eigenvalue weighted by Gasteiger charge is -1.96. The molecular weight excluding hydrogens is 146 g/mol. The zero-order valence-corrected chi connectivity index (χ0v) is 6.32. The van der Waals surface area contributed by atoms with Gasteiger partial charge < -0.3 is 20.3 Å². The number of aliphatic hydroxyl groups excluding tert-OH is 1. The van der Waals surface area contributed by atoms with Gasteiger partial charge in [0.2, 0.25) is 0 Å². The minimum atomic E-state index is -1.03. The van der Waals surface area contributed by atoms with Gasteiger partial charge in [-0.1, -0.05) is 0 Å². The molecule has 0 atom stereocenters. The predicted molar refractivity (Wildman–Crippen MR) is 37.3 cm³/mol. The highest BCUT2D eigenvalue weighted by atomic mass is 16.4. The van der Waals surface area contributed by atoms with Gasteiger partial charge in [0, 0.05) is 19.0 Å². The molecule has 0 aromatic heterocycles. The number of aliphatic hydroxyl groups is 1. The van der Waals surface area contributed by atoms with E-state index in [1.165, 1.54) is 0 Å². The molecule has 4 heteroatoms. The Morgan fingerprint density at radius 1 is 1.64 bits per heavy atom. The number of carbonyl (C=O) groups is 1. The highest BCUT2D eigenvalue weighted by Gasteiger charge is 1.86. The van der Waals surface area contributed by atoms with Gasteiger partial charge in [0.1, 0.15) is 0 Å². The molecule has 4 nitrogen and oxygen atoms in total. The van der Waals surface area contributed by atoms with E-state index in [0.717, 1.165) is 0 Å². The molecule has 0 amide bonds. The Labute approximate surface area is 65.5 Å². The van der Waals surface area contributed by atoms with E-state index < -0.39 is 5.97 Å². The molecular formula is C7H13NO3. The molecule has 3 N–H and O–H groups in total. The first-order valence-electron chi connectivity index (χ1n) is 3.56.